The topological polar surface area (TPSA) is 77.8 Å². The van der Waals surface area contributed by atoms with Crippen LogP contribution in [-0.2, 0) is 13.1 Å². The van der Waals surface area contributed by atoms with Gasteiger partial charge in [-0.25, -0.2) is 0 Å². The molecular formula is C22H32N4O3. The molecule has 0 saturated heterocycles. The highest BCUT2D eigenvalue weighted by Crippen LogP contribution is 2.11. The summed E-state index contributed by atoms with van der Waals surface area (Å²) in [5.41, 5.74) is 6.46. The van der Waals surface area contributed by atoms with E-state index in [2.05, 4.69) is 48.3 Å². The summed E-state index contributed by atoms with van der Waals surface area (Å²) in [6.45, 7) is 13.7. The Morgan fingerprint density at radius 3 is 1.90 bits per heavy atom. The Kier molecular flexibility index (Phi) is 8.89. The lowest BCUT2D eigenvalue weighted by Crippen LogP contribution is -2.41. The maximum atomic E-state index is 12.3. The minimum Gasteiger partial charge on any atom is -0.454 e. The molecule has 0 aliphatic carbocycles. The zero-order valence-electron chi connectivity index (χ0n) is 17.8. The van der Waals surface area contributed by atoms with Crippen LogP contribution in [0.4, 0.5) is 0 Å². The van der Waals surface area contributed by atoms with Gasteiger partial charge in [0, 0.05) is 12.1 Å². The molecule has 158 valence electrons. The summed E-state index contributed by atoms with van der Waals surface area (Å²) in [5, 5.41) is 0. The van der Waals surface area contributed by atoms with Gasteiger partial charge in [-0.2, -0.15) is 0 Å². The van der Waals surface area contributed by atoms with E-state index in [-0.39, 0.29) is 11.7 Å². The fraction of sp³-hybridized carbons (Fsp3) is 0.455. The lowest BCUT2D eigenvalue weighted by atomic mass is 10.1. The summed E-state index contributed by atoms with van der Waals surface area (Å²) in [6.07, 6.45) is 0. The minimum absolute atomic E-state index is 0.169. The molecule has 0 aliphatic rings. The zero-order valence-corrected chi connectivity index (χ0v) is 17.8. The fourth-order valence-electron chi connectivity index (χ4n) is 2.97. The second-order valence-corrected chi connectivity index (χ2v) is 6.79. The van der Waals surface area contributed by atoms with Crippen molar-refractivity contribution in [2.24, 2.45) is 0 Å². The number of furan rings is 1. The first-order valence-corrected chi connectivity index (χ1v) is 10.2. The van der Waals surface area contributed by atoms with Gasteiger partial charge in [-0.05, 0) is 56.0 Å². The molecule has 0 spiro atoms. The normalized spacial score (nSPS) is 11.1. The predicted octanol–water partition coefficient (Wildman–Crippen LogP) is 3.04. The highest BCUT2D eigenvalue weighted by molar-refractivity contribution is 5.97. The molecule has 0 unspecified atom stereocenters. The number of nitrogens with zero attached hydrogens (tertiary/aromatic N) is 2. The molecule has 1 aromatic carbocycles. The van der Waals surface area contributed by atoms with Crippen molar-refractivity contribution in [1.29, 1.82) is 0 Å². The highest BCUT2D eigenvalue weighted by atomic mass is 16.4. The fourth-order valence-corrected chi connectivity index (χ4v) is 2.97. The number of nitrogens with one attached hydrogen (secondary N) is 2. The second-order valence-electron chi connectivity index (χ2n) is 6.79. The van der Waals surface area contributed by atoms with Crippen LogP contribution in [0.3, 0.4) is 0 Å². The van der Waals surface area contributed by atoms with Gasteiger partial charge in [-0.15, -0.1) is 0 Å². The van der Waals surface area contributed by atoms with Crippen molar-refractivity contribution in [3.05, 3.63) is 59.0 Å². The maximum absolute atomic E-state index is 12.3. The van der Waals surface area contributed by atoms with Gasteiger partial charge < -0.3 is 4.42 Å². The Balaban J connectivity index is 1.87. The number of amides is 2. The van der Waals surface area contributed by atoms with Crippen molar-refractivity contribution in [1.82, 2.24) is 20.7 Å². The summed E-state index contributed by atoms with van der Waals surface area (Å²) >= 11 is 0. The Hall–Kier alpha value is -2.64. The van der Waals surface area contributed by atoms with Crippen LogP contribution in [-0.4, -0.2) is 47.8 Å². The number of benzene rings is 1. The standard InChI is InChI=1S/C22H32N4O3/c1-5-25(6-2)15-17-9-11-18(12-10-17)21(27)23-24-22(28)20-14-13-19(29-20)16-26(7-3)8-4/h9-14H,5-8,15-16H2,1-4H3,(H,23,27)(H,24,28). The maximum Gasteiger partial charge on any atom is 0.305 e. The summed E-state index contributed by atoms with van der Waals surface area (Å²) in [4.78, 5) is 29.0. The number of rotatable bonds is 10. The van der Waals surface area contributed by atoms with E-state index in [9.17, 15) is 9.59 Å². The molecular weight excluding hydrogens is 368 g/mol. The molecule has 1 aromatic heterocycles. The predicted molar refractivity (Wildman–Crippen MR) is 113 cm³/mol. The first-order valence-electron chi connectivity index (χ1n) is 10.2. The molecule has 1 heterocycles. The summed E-state index contributed by atoms with van der Waals surface area (Å²) in [5.74, 6) is 0.0287. The Bertz CT molecular complexity index is 778. The van der Waals surface area contributed by atoms with Gasteiger partial charge in [-0.3, -0.25) is 30.2 Å². The number of carbonyl (C=O) groups excluding carboxylic acids is 2. The van der Waals surface area contributed by atoms with E-state index in [0.29, 0.717) is 17.9 Å². The zero-order chi connectivity index (χ0) is 21.2. The summed E-state index contributed by atoms with van der Waals surface area (Å²) in [6, 6.07) is 10.8. The SMILES string of the molecule is CCN(CC)Cc1ccc(C(=O)NNC(=O)c2ccc(CN(CC)CC)o2)cc1. The van der Waals surface area contributed by atoms with E-state index < -0.39 is 5.91 Å². The molecule has 2 aromatic rings. The second kappa shape index (κ2) is 11.4. The van der Waals surface area contributed by atoms with E-state index in [1.54, 1.807) is 24.3 Å². The van der Waals surface area contributed by atoms with Crippen molar-refractivity contribution in [2.75, 3.05) is 26.2 Å². The van der Waals surface area contributed by atoms with Gasteiger partial charge in [0.2, 0.25) is 0 Å². The molecule has 0 fully saturated rings. The number of carbonyl (C=O) groups is 2. The molecule has 29 heavy (non-hydrogen) atoms. The molecule has 2 amide bonds. The molecule has 2 N–H and O–H groups in total. The van der Waals surface area contributed by atoms with Crippen LogP contribution in [0.1, 0.15) is 59.9 Å². The molecule has 0 radical (unpaired) electrons. The van der Waals surface area contributed by atoms with Crippen molar-refractivity contribution < 1.29 is 14.0 Å². The average Bonchev–Trinajstić information content (AvgIpc) is 3.23. The van der Waals surface area contributed by atoms with Crippen LogP contribution in [0.2, 0.25) is 0 Å². The summed E-state index contributed by atoms with van der Waals surface area (Å²) in [7, 11) is 0. The molecule has 7 heteroatoms. The molecule has 0 atom stereocenters. The third-order valence-corrected chi connectivity index (χ3v) is 4.97. The van der Waals surface area contributed by atoms with Crippen molar-refractivity contribution >= 4 is 11.8 Å². The Morgan fingerprint density at radius 2 is 1.31 bits per heavy atom. The van der Waals surface area contributed by atoms with E-state index in [1.165, 1.54) is 0 Å². The quantitative estimate of drug-likeness (QED) is 0.600. The lowest BCUT2D eigenvalue weighted by Gasteiger charge is -2.18. The average molecular weight is 401 g/mol. The summed E-state index contributed by atoms with van der Waals surface area (Å²) < 4.78 is 5.58. The van der Waals surface area contributed by atoms with Crippen molar-refractivity contribution in [3.63, 3.8) is 0 Å². The Morgan fingerprint density at radius 1 is 0.759 bits per heavy atom. The third-order valence-electron chi connectivity index (χ3n) is 4.97. The monoisotopic (exact) mass is 400 g/mol. The molecule has 0 aliphatic heterocycles. The van der Waals surface area contributed by atoms with Gasteiger partial charge in [0.15, 0.2) is 5.76 Å². The third kappa shape index (κ3) is 6.73. The molecule has 0 bridgehead atoms. The molecule has 7 nitrogen and oxygen atoms in total. The van der Waals surface area contributed by atoms with E-state index in [0.717, 1.165) is 38.3 Å². The van der Waals surface area contributed by atoms with Crippen molar-refractivity contribution in [2.45, 2.75) is 40.8 Å². The van der Waals surface area contributed by atoms with Crippen LogP contribution in [0.15, 0.2) is 40.8 Å². The largest absolute Gasteiger partial charge is 0.454 e. The van der Waals surface area contributed by atoms with Crippen LogP contribution in [0, 0.1) is 0 Å². The molecule has 2 rings (SSSR count). The highest BCUT2D eigenvalue weighted by Gasteiger charge is 2.14. The van der Waals surface area contributed by atoms with Crippen molar-refractivity contribution in [3.8, 4) is 0 Å². The van der Waals surface area contributed by atoms with Crippen LogP contribution < -0.4 is 10.9 Å². The number of hydrogen-bond donors (Lipinski definition) is 2. The van der Waals surface area contributed by atoms with Crippen LogP contribution >= 0.6 is 0 Å². The Labute approximate surface area is 173 Å². The number of hydrogen-bond acceptors (Lipinski definition) is 5. The van der Waals surface area contributed by atoms with Crippen LogP contribution in [0.25, 0.3) is 0 Å². The first-order chi connectivity index (χ1) is 14.0. The van der Waals surface area contributed by atoms with Gasteiger partial charge in [0.1, 0.15) is 5.76 Å². The van der Waals surface area contributed by atoms with Crippen LogP contribution in [0.5, 0.6) is 0 Å². The van der Waals surface area contributed by atoms with E-state index in [4.69, 9.17) is 4.42 Å². The van der Waals surface area contributed by atoms with E-state index in [1.807, 2.05) is 12.1 Å². The van der Waals surface area contributed by atoms with E-state index >= 15 is 0 Å². The molecule has 0 saturated carbocycles. The van der Waals surface area contributed by atoms with Gasteiger partial charge in [0.05, 0.1) is 6.54 Å². The smallest absolute Gasteiger partial charge is 0.305 e. The lowest BCUT2D eigenvalue weighted by molar-refractivity contribution is 0.0829. The number of hydrazine groups is 1. The minimum atomic E-state index is -0.484. The van der Waals surface area contributed by atoms with Gasteiger partial charge in [-0.1, -0.05) is 39.8 Å². The van der Waals surface area contributed by atoms with Gasteiger partial charge >= 0.3 is 5.91 Å². The van der Waals surface area contributed by atoms with Gasteiger partial charge in [0.25, 0.3) is 5.91 Å². The first kappa shape index (κ1) is 22.6.